The highest BCUT2D eigenvalue weighted by Crippen LogP contribution is 2.51. The van der Waals surface area contributed by atoms with Crippen LogP contribution in [0, 0.1) is 0 Å². The Labute approximate surface area is 135 Å². The van der Waals surface area contributed by atoms with E-state index in [0.29, 0.717) is 30.5 Å². The van der Waals surface area contributed by atoms with Crippen LogP contribution >= 0.6 is 0 Å². The topological polar surface area (TPSA) is 77.2 Å². The zero-order chi connectivity index (χ0) is 17.8. The molecule has 1 aliphatic carbocycles. The van der Waals surface area contributed by atoms with Gasteiger partial charge in [0.15, 0.2) is 15.6 Å². The second-order valence-electron chi connectivity index (χ2n) is 5.81. The number of carbonyl (C=O) groups is 1. The summed E-state index contributed by atoms with van der Waals surface area (Å²) < 4.78 is 67.1. The SMILES string of the molecule is CS(=O)(=O)c1cc(C(F)(F)F)ccc1C(=O)C1(c2cnoc2)CC1. The first-order chi connectivity index (χ1) is 11.1. The van der Waals surface area contributed by atoms with E-state index in [9.17, 15) is 26.4 Å². The van der Waals surface area contributed by atoms with Crippen molar-refractivity contribution in [2.24, 2.45) is 0 Å². The lowest BCUT2D eigenvalue weighted by Gasteiger charge is -2.16. The summed E-state index contributed by atoms with van der Waals surface area (Å²) in [6.45, 7) is 0. The zero-order valence-corrected chi connectivity index (χ0v) is 13.2. The number of nitrogens with zero attached hydrogens (tertiary/aromatic N) is 1. The van der Waals surface area contributed by atoms with Gasteiger partial charge in [-0.1, -0.05) is 5.16 Å². The van der Waals surface area contributed by atoms with E-state index in [2.05, 4.69) is 5.16 Å². The van der Waals surface area contributed by atoms with Crippen molar-refractivity contribution in [2.75, 3.05) is 6.26 Å². The molecule has 24 heavy (non-hydrogen) atoms. The molecular formula is C15H12F3NO4S. The first-order valence-electron chi connectivity index (χ1n) is 6.92. The van der Waals surface area contributed by atoms with Gasteiger partial charge in [0.05, 0.1) is 22.1 Å². The monoisotopic (exact) mass is 359 g/mol. The van der Waals surface area contributed by atoms with Crippen LogP contribution in [0.2, 0.25) is 0 Å². The minimum absolute atomic E-state index is 0.246. The van der Waals surface area contributed by atoms with Gasteiger partial charge in [-0.25, -0.2) is 8.42 Å². The van der Waals surface area contributed by atoms with Crippen LogP contribution in [-0.4, -0.2) is 25.6 Å². The minimum Gasteiger partial charge on any atom is -0.364 e. The van der Waals surface area contributed by atoms with Crippen LogP contribution in [0.15, 0.2) is 40.1 Å². The Kier molecular flexibility index (Phi) is 3.59. The maximum absolute atomic E-state index is 12.9. The van der Waals surface area contributed by atoms with Gasteiger partial charge in [-0.3, -0.25) is 4.79 Å². The smallest absolute Gasteiger partial charge is 0.364 e. The Morgan fingerprint density at radius 1 is 1.29 bits per heavy atom. The molecule has 0 saturated heterocycles. The molecule has 0 spiro atoms. The predicted molar refractivity (Wildman–Crippen MR) is 76.3 cm³/mol. The van der Waals surface area contributed by atoms with E-state index in [1.807, 2.05) is 0 Å². The standard InChI is InChI=1S/C15H12F3NO4S/c1-24(21,22)12-6-9(15(16,17)18)2-3-11(12)13(20)14(4-5-14)10-7-19-23-8-10/h2-3,6-8H,4-5H2,1H3. The summed E-state index contributed by atoms with van der Waals surface area (Å²) >= 11 is 0. The quantitative estimate of drug-likeness (QED) is 0.784. The highest BCUT2D eigenvalue weighted by molar-refractivity contribution is 7.90. The lowest BCUT2D eigenvalue weighted by molar-refractivity contribution is -0.137. The molecule has 1 aromatic heterocycles. The molecule has 0 N–H and O–H groups in total. The van der Waals surface area contributed by atoms with Gasteiger partial charge in [0.2, 0.25) is 0 Å². The van der Waals surface area contributed by atoms with Crippen LogP contribution in [0.4, 0.5) is 13.2 Å². The van der Waals surface area contributed by atoms with E-state index in [-0.39, 0.29) is 5.56 Å². The second kappa shape index (κ2) is 5.17. The minimum atomic E-state index is -4.70. The number of hydrogen-bond donors (Lipinski definition) is 0. The van der Waals surface area contributed by atoms with Crippen molar-refractivity contribution in [1.82, 2.24) is 5.16 Å². The number of sulfone groups is 1. The first-order valence-corrected chi connectivity index (χ1v) is 8.81. The molecule has 0 unspecified atom stereocenters. The van der Waals surface area contributed by atoms with Crippen LogP contribution in [0.3, 0.4) is 0 Å². The van der Waals surface area contributed by atoms with Gasteiger partial charge < -0.3 is 4.52 Å². The van der Waals surface area contributed by atoms with Crippen LogP contribution in [-0.2, 0) is 21.4 Å². The Hall–Kier alpha value is -2.16. The summed E-state index contributed by atoms with van der Waals surface area (Å²) in [7, 11) is -4.02. The first kappa shape index (κ1) is 16.7. The van der Waals surface area contributed by atoms with Crippen molar-refractivity contribution >= 4 is 15.6 Å². The fourth-order valence-corrected chi connectivity index (χ4v) is 3.57. The fraction of sp³-hybridized carbons (Fsp3) is 0.333. The van der Waals surface area contributed by atoms with Gasteiger partial charge in [-0.15, -0.1) is 0 Å². The van der Waals surface area contributed by atoms with Gasteiger partial charge >= 0.3 is 6.18 Å². The van der Waals surface area contributed by atoms with Gasteiger partial charge in [-0.2, -0.15) is 13.2 Å². The zero-order valence-electron chi connectivity index (χ0n) is 12.4. The number of benzene rings is 1. The van der Waals surface area contributed by atoms with Crippen LogP contribution in [0.5, 0.6) is 0 Å². The molecular weight excluding hydrogens is 347 g/mol. The summed E-state index contributed by atoms with van der Waals surface area (Å²) in [5.74, 6) is -0.542. The largest absolute Gasteiger partial charge is 0.416 e. The summed E-state index contributed by atoms with van der Waals surface area (Å²) in [5, 5.41) is 3.53. The average molecular weight is 359 g/mol. The molecule has 0 atom stereocenters. The Morgan fingerprint density at radius 2 is 1.96 bits per heavy atom. The number of halogens is 3. The summed E-state index contributed by atoms with van der Waals surface area (Å²) in [6, 6.07) is 2.15. The van der Waals surface area contributed by atoms with Crippen molar-refractivity contribution in [3.63, 3.8) is 0 Å². The number of hydrogen-bond acceptors (Lipinski definition) is 5. The number of rotatable bonds is 4. The fourth-order valence-electron chi connectivity index (χ4n) is 2.66. The second-order valence-corrected chi connectivity index (χ2v) is 7.79. The lowest BCUT2D eigenvalue weighted by Crippen LogP contribution is -2.23. The maximum atomic E-state index is 12.9. The molecule has 2 aromatic rings. The highest BCUT2D eigenvalue weighted by Gasteiger charge is 2.53. The van der Waals surface area contributed by atoms with Gasteiger partial charge in [0.25, 0.3) is 0 Å². The van der Waals surface area contributed by atoms with Crippen molar-refractivity contribution in [2.45, 2.75) is 29.3 Å². The molecule has 0 aliphatic heterocycles. The lowest BCUT2D eigenvalue weighted by atomic mass is 9.89. The number of ketones is 1. The molecule has 1 saturated carbocycles. The molecule has 1 aromatic carbocycles. The summed E-state index contributed by atoms with van der Waals surface area (Å²) in [6.07, 6.45) is -0.371. The number of carbonyl (C=O) groups excluding carboxylic acids is 1. The predicted octanol–water partition coefficient (Wildman–Crippen LogP) is 3.01. The van der Waals surface area contributed by atoms with Gasteiger partial charge in [0, 0.05) is 17.4 Å². The third kappa shape index (κ3) is 2.72. The van der Waals surface area contributed by atoms with Crippen LogP contribution < -0.4 is 0 Å². The van der Waals surface area contributed by atoms with Crippen LogP contribution in [0.1, 0.15) is 34.3 Å². The molecule has 1 fully saturated rings. The summed E-state index contributed by atoms with van der Waals surface area (Å²) in [4.78, 5) is 12.2. The summed E-state index contributed by atoms with van der Waals surface area (Å²) in [5.41, 5.74) is -1.84. The van der Waals surface area contributed by atoms with Gasteiger partial charge in [0.1, 0.15) is 6.26 Å². The molecule has 0 radical (unpaired) electrons. The van der Waals surface area contributed by atoms with E-state index in [0.717, 1.165) is 12.3 Å². The van der Waals surface area contributed by atoms with Crippen molar-refractivity contribution in [3.05, 3.63) is 47.3 Å². The molecule has 128 valence electrons. The number of aromatic nitrogens is 1. The van der Waals surface area contributed by atoms with Crippen molar-refractivity contribution < 1.29 is 30.9 Å². The van der Waals surface area contributed by atoms with E-state index in [4.69, 9.17) is 4.52 Å². The van der Waals surface area contributed by atoms with E-state index in [1.165, 1.54) is 12.5 Å². The third-order valence-electron chi connectivity index (χ3n) is 4.12. The molecule has 9 heteroatoms. The molecule has 1 aliphatic rings. The average Bonchev–Trinajstić information content (AvgIpc) is 3.10. The van der Waals surface area contributed by atoms with E-state index < -0.39 is 37.7 Å². The third-order valence-corrected chi connectivity index (χ3v) is 5.26. The van der Waals surface area contributed by atoms with Crippen molar-refractivity contribution in [1.29, 1.82) is 0 Å². The molecule has 5 nitrogen and oxygen atoms in total. The highest BCUT2D eigenvalue weighted by atomic mass is 32.2. The van der Waals surface area contributed by atoms with E-state index >= 15 is 0 Å². The maximum Gasteiger partial charge on any atom is 0.416 e. The van der Waals surface area contributed by atoms with Crippen molar-refractivity contribution in [3.8, 4) is 0 Å². The molecule has 1 heterocycles. The number of alkyl halides is 3. The Morgan fingerprint density at radius 3 is 2.42 bits per heavy atom. The van der Waals surface area contributed by atoms with E-state index in [1.54, 1.807) is 0 Å². The molecule has 3 rings (SSSR count). The molecule has 0 bridgehead atoms. The van der Waals surface area contributed by atoms with Crippen LogP contribution in [0.25, 0.3) is 0 Å². The Bertz CT molecular complexity index is 897. The molecule has 0 amide bonds. The van der Waals surface area contributed by atoms with Gasteiger partial charge in [-0.05, 0) is 31.0 Å². The Balaban J connectivity index is 2.13. The number of Topliss-reactive ketones (excluding diaryl/α,β-unsaturated/α-hetero) is 1. The normalized spacial score (nSPS) is 16.8.